The number of halogens is 1. The number of rotatable bonds is 9. The summed E-state index contributed by atoms with van der Waals surface area (Å²) in [5.74, 6) is 0.277. The molecule has 35 heavy (non-hydrogen) atoms. The van der Waals surface area contributed by atoms with Crippen molar-refractivity contribution in [2.75, 3.05) is 17.2 Å². The Balaban J connectivity index is 1.25. The summed E-state index contributed by atoms with van der Waals surface area (Å²) < 4.78 is 6.46. The number of benzene rings is 3. The summed E-state index contributed by atoms with van der Waals surface area (Å²) in [7, 11) is 0. The van der Waals surface area contributed by atoms with Gasteiger partial charge in [-0.1, -0.05) is 46.3 Å². The Kier molecular flexibility index (Phi) is 8.57. The lowest BCUT2D eigenvalue weighted by Gasteiger charge is -2.11. The Morgan fingerprint density at radius 3 is 2.43 bits per heavy atom. The zero-order valence-electron chi connectivity index (χ0n) is 18.7. The van der Waals surface area contributed by atoms with Crippen molar-refractivity contribution in [1.29, 1.82) is 0 Å². The van der Waals surface area contributed by atoms with Crippen LogP contribution in [0.2, 0.25) is 0 Å². The van der Waals surface area contributed by atoms with Gasteiger partial charge in [0.05, 0.1) is 10.9 Å². The van der Waals surface area contributed by atoms with E-state index in [9.17, 15) is 9.59 Å². The highest BCUT2D eigenvalue weighted by atomic mass is 79.9. The number of aromatic nitrogens is 1. The summed E-state index contributed by atoms with van der Waals surface area (Å²) in [5.41, 5.74) is 2.48. The number of nitrogens with one attached hydrogen (secondary N) is 2. The SMILES string of the molecule is CC(Sc1ccc(NC(=O)COc2ccccc2)cc1)C(=O)Nc1nc(-c2ccc(Br)cc2)cs1. The van der Waals surface area contributed by atoms with E-state index in [-0.39, 0.29) is 23.7 Å². The predicted octanol–water partition coefficient (Wildman–Crippen LogP) is 6.71. The molecule has 4 rings (SSSR count). The molecule has 1 unspecified atom stereocenters. The van der Waals surface area contributed by atoms with Crippen LogP contribution in [0.3, 0.4) is 0 Å². The summed E-state index contributed by atoms with van der Waals surface area (Å²) in [6, 6.07) is 24.4. The highest BCUT2D eigenvalue weighted by Gasteiger charge is 2.16. The van der Waals surface area contributed by atoms with Crippen LogP contribution >= 0.6 is 39.0 Å². The molecule has 4 aromatic rings. The number of amides is 2. The van der Waals surface area contributed by atoms with Gasteiger partial charge in [0.15, 0.2) is 11.7 Å². The predicted molar refractivity (Wildman–Crippen MR) is 146 cm³/mol. The van der Waals surface area contributed by atoms with E-state index in [4.69, 9.17) is 4.74 Å². The standard InChI is InChI=1S/C26H22BrN3O3S2/c1-17(25(32)30-26-29-23(16-34-26)18-7-9-19(27)10-8-18)35-22-13-11-20(12-14-22)28-24(31)15-33-21-5-3-2-4-6-21/h2-14,16-17H,15H2,1H3,(H,28,31)(H,29,30,32). The van der Waals surface area contributed by atoms with E-state index in [1.807, 2.05) is 66.9 Å². The molecular formula is C26H22BrN3O3S2. The molecule has 0 saturated carbocycles. The molecule has 1 heterocycles. The number of hydrogen-bond acceptors (Lipinski definition) is 6. The first-order valence-electron chi connectivity index (χ1n) is 10.7. The maximum atomic E-state index is 12.7. The molecule has 0 bridgehead atoms. The van der Waals surface area contributed by atoms with Crippen LogP contribution in [0, 0.1) is 0 Å². The Morgan fingerprint density at radius 1 is 1.00 bits per heavy atom. The quantitative estimate of drug-likeness (QED) is 0.220. The largest absolute Gasteiger partial charge is 0.484 e. The Bertz CT molecular complexity index is 1280. The van der Waals surface area contributed by atoms with Gasteiger partial charge in [-0.15, -0.1) is 23.1 Å². The van der Waals surface area contributed by atoms with Gasteiger partial charge < -0.3 is 15.4 Å². The molecule has 1 aromatic heterocycles. The summed E-state index contributed by atoms with van der Waals surface area (Å²) in [4.78, 5) is 30.2. The second-order valence-corrected chi connectivity index (χ2v) is 10.7. The van der Waals surface area contributed by atoms with Gasteiger partial charge >= 0.3 is 0 Å². The van der Waals surface area contributed by atoms with Crippen LogP contribution in [0.25, 0.3) is 11.3 Å². The van der Waals surface area contributed by atoms with Crippen LogP contribution in [0.4, 0.5) is 10.8 Å². The molecule has 0 saturated heterocycles. The van der Waals surface area contributed by atoms with Crippen molar-refractivity contribution in [2.24, 2.45) is 0 Å². The minimum Gasteiger partial charge on any atom is -0.484 e. The maximum Gasteiger partial charge on any atom is 0.262 e. The lowest BCUT2D eigenvalue weighted by molar-refractivity contribution is -0.118. The molecule has 0 aliphatic carbocycles. The van der Waals surface area contributed by atoms with E-state index < -0.39 is 0 Å². The van der Waals surface area contributed by atoms with E-state index in [1.54, 1.807) is 24.3 Å². The molecule has 6 nitrogen and oxygen atoms in total. The van der Waals surface area contributed by atoms with Crippen LogP contribution in [-0.4, -0.2) is 28.7 Å². The van der Waals surface area contributed by atoms with Crippen LogP contribution in [0.1, 0.15) is 6.92 Å². The third-order valence-corrected chi connectivity index (χ3v) is 7.21. The van der Waals surface area contributed by atoms with Gasteiger partial charge in [0.1, 0.15) is 5.75 Å². The number of thioether (sulfide) groups is 1. The maximum absolute atomic E-state index is 12.7. The first-order chi connectivity index (χ1) is 17.0. The van der Waals surface area contributed by atoms with Gasteiger partial charge in [0.2, 0.25) is 5.91 Å². The van der Waals surface area contributed by atoms with Gasteiger partial charge in [0.25, 0.3) is 5.91 Å². The zero-order valence-corrected chi connectivity index (χ0v) is 22.0. The van der Waals surface area contributed by atoms with Gasteiger partial charge in [-0.2, -0.15) is 0 Å². The molecule has 0 aliphatic rings. The van der Waals surface area contributed by atoms with E-state index in [0.717, 1.165) is 20.6 Å². The number of thiazole rings is 1. The molecule has 3 aromatic carbocycles. The van der Waals surface area contributed by atoms with Gasteiger partial charge in [-0.05, 0) is 55.5 Å². The molecule has 2 amide bonds. The van der Waals surface area contributed by atoms with Crippen molar-refractivity contribution in [3.8, 4) is 17.0 Å². The van der Waals surface area contributed by atoms with Crippen LogP contribution < -0.4 is 15.4 Å². The zero-order chi connectivity index (χ0) is 24.6. The summed E-state index contributed by atoms with van der Waals surface area (Å²) in [6.45, 7) is 1.78. The first kappa shape index (κ1) is 25.0. The van der Waals surface area contributed by atoms with Crippen molar-refractivity contribution >= 4 is 61.7 Å². The van der Waals surface area contributed by atoms with Crippen molar-refractivity contribution < 1.29 is 14.3 Å². The monoisotopic (exact) mass is 567 g/mol. The van der Waals surface area contributed by atoms with Crippen molar-refractivity contribution in [3.63, 3.8) is 0 Å². The number of nitrogens with zero attached hydrogens (tertiary/aromatic N) is 1. The Labute approximate surface area is 220 Å². The third kappa shape index (κ3) is 7.42. The highest BCUT2D eigenvalue weighted by molar-refractivity contribution is 9.10. The van der Waals surface area contributed by atoms with E-state index >= 15 is 0 Å². The van der Waals surface area contributed by atoms with Crippen molar-refractivity contribution in [2.45, 2.75) is 17.1 Å². The van der Waals surface area contributed by atoms with Crippen molar-refractivity contribution in [3.05, 3.63) is 88.7 Å². The number of carbonyl (C=O) groups excluding carboxylic acids is 2. The molecule has 9 heteroatoms. The molecule has 1 atom stereocenters. The fourth-order valence-corrected chi connectivity index (χ4v) is 4.88. The number of hydrogen-bond donors (Lipinski definition) is 2. The first-order valence-corrected chi connectivity index (χ1v) is 13.3. The Morgan fingerprint density at radius 2 is 1.71 bits per heavy atom. The van der Waals surface area contributed by atoms with Crippen LogP contribution in [0.15, 0.2) is 93.6 Å². The number of ether oxygens (including phenoxy) is 1. The second kappa shape index (κ2) is 12.0. The average Bonchev–Trinajstić information content (AvgIpc) is 3.33. The normalized spacial score (nSPS) is 11.5. The molecule has 0 aliphatic heterocycles. The minimum absolute atomic E-state index is 0.0714. The third-order valence-electron chi connectivity index (χ3n) is 4.81. The topological polar surface area (TPSA) is 80.3 Å². The second-order valence-electron chi connectivity index (χ2n) is 7.47. The lowest BCUT2D eigenvalue weighted by Crippen LogP contribution is -2.22. The van der Waals surface area contributed by atoms with E-state index in [2.05, 4.69) is 31.5 Å². The van der Waals surface area contributed by atoms with E-state index in [0.29, 0.717) is 16.6 Å². The molecular weight excluding hydrogens is 546 g/mol. The smallest absolute Gasteiger partial charge is 0.262 e. The lowest BCUT2D eigenvalue weighted by atomic mass is 10.2. The molecule has 0 radical (unpaired) electrons. The van der Waals surface area contributed by atoms with Gasteiger partial charge in [0, 0.05) is 26.0 Å². The molecule has 2 N–H and O–H groups in total. The number of anilines is 2. The molecule has 0 spiro atoms. The number of carbonyl (C=O) groups is 2. The van der Waals surface area contributed by atoms with Gasteiger partial charge in [-0.25, -0.2) is 4.98 Å². The summed E-state index contributed by atoms with van der Waals surface area (Å²) in [5, 5.41) is 7.87. The van der Waals surface area contributed by atoms with Gasteiger partial charge in [-0.3, -0.25) is 9.59 Å². The van der Waals surface area contributed by atoms with Crippen LogP contribution in [-0.2, 0) is 9.59 Å². The van der Waals surface area contributed by atoms with Crippen LogP contribution in [0.5, 0.6) is 5.75 Å². The fraction of sp³-hybridized carbons (Fsp3) is 0.115. The average molecular weight is 569 g/mol. The van der Waals surface area contributed by atoms with E-state index in [1.165, 1.54) is 23.1 Å². The fourth-order valence-electron chi connectivity index (χ4n) is 3.03. The summed E-state index contributed by atoms with van der Waals surface area (Å²) >= 11 is 6.26. The summed E-state index contributed by atoms with van der Waals surface area (Å²) in [6.07, 6.45) is 0. The van der Waals surface area contributed by atoms with Crippen molar-refractivity contribution in [1.82, 2.24) is 4.98 Å². The number of para-hydroxylation sites is 1. The molecule has 0 fully saturated rings. The minimum atomic E-state index is -0.324. The highest BCUT2D eigenvalue weighted by Crippen LogP contribution is 2.28. The Hall–Kier alpha value is -3.14. The molecule has 178 valence electrons.